The molecule has 138 valence electrons. The van der Waals surface area contributed by atoms with Crippen molar-refractivity contribution >= 4 is 29.8 Å². The molecule has 1 aromatic rings. The Kier molecular flexibility index (Phi) is 8.51. The highest BCUT2D eigenvalue weighted by Crippen LogP contribution is 2.07. The number of nitrogens with one attached hydrogen (secondary N) is 2. The molecule has 0 saturated heterocycles. The topological polar surface area (TPSA) is 67.6 Å². The molecule has 1 aromatic carbocycles. The number of hydrogen-bond acceptors (Lipinski definition) is 4. The van der Waals surface area contributed by atoms with E-state index in [1.54, 1.807) is 18.3 Å². The molecule has 1 rings (SSSR count). The number of carbonyl (C=O) groups excluding carboxylic acids is 1. The van der Waals surface area contributed by atoms with Crippen molar-refractivity contribution in [1.29, 1.82) is 0 Å². The maximum absolute atomic E-state index is 12.1. The van der Waals surface area contributed by atoms with E-state index in [2.05, 4.69) is 15.5 Å². The molecular weight excluding hydrogens is 336 g/mol. The Labute approximate surface area is 155 Å². The number of rotatable bonds is 9. The molecule has 0 heterocycles. The lowest BCUT2D eigenvalue weighted by atomic mass is 10.1. The molecule has 3 N–H and O–H groups in total. The van der Waals surface area contributed by atoms with Gasteiger partial charge in [0.25, 0.3) is 5.91 Å². The van der Waals surface area contributed by atoms with Crippen LogP contribution in [-0.4, -0.2) is 71.2 Å². The Bertz CT molecular complexity index is 594. The molecule has 0 aliphatic rings. The third-order valence-corrected chi connectivity index (χ3v) is 3.80. The molecular formula is C18H29N4O2S+. The molecule has 0 aliphatic heterocycles. The summed E-state index contributed by atoms with van der Waals surface area (Å²) in [6.07, 6.45) is 1.64. The van der Waals surface area contributed by atoms with Gasteiger partial charge in [0.2, 0.25) is 11.8 Å². The summed E-state index contributed by atoms with van der Waals surface area (Å²) in [5, 5.41) is 15.8. The minimum atomic E-state index is -0.374. The summed E-state index contributed by atoms with van der Waals surface area (Å²) >= 11 is 4.70. The zero-order valence-electron chi connectivity index (χ0n) is 15.5. The molecule has 0 atom stereocenters. The van der Waals surface area contributed by atoms with Gasteiger partial charge in [-0.1, -0.05) is 12.2 Å². The first-order valence-electron chi connectivity index (χ1n) is 8.31. The van der Waals surface area contributed by atoms with Crippen LogP contribution in [0.15, 0.2) is 24.3 Å². The van der Waals surface area contributed by atoms with Crippen molar-refractivity contribution in [3.8, 4) is 0 Å². The lowest BCUT2D eigenvalue weighted by Crippen LogP contribution is -2.36. The van der Waals surface area contributed by atoms with Crippen LogP contribution in [0.25, 0.3) is 0 Å². The van der Waals surface area contributed by atoms with Gasteiger partial charge in [-0.25, -0.2) is 0 Å². The number of hydroxylamine groups is 1. The Hall–Kier alpha value is -1.99. The number of nitrogens with zero attached hydrogens (tertiary/aromatic N) is 2. The summed E-state index contributed by atoms with van der Waals surface area (Å²) in [5.74, 6) is -0.103. The van der Waals surface area contributed by atoms with E-state index in [1.807, 2.05) is 40.0 Å². The van der Waals surface area contributed by atoms with E-state index < -0.39 is 0 Å². The average Bonchev–Trinajstić information content (AvgIpc) is 2.54. The molecule has 0 unspecified atom stereocenters. The molecule has 0 spiro atoms. The van der Waals surface area contributed by atoms with Crippen molar-refractivity contribution in [2.45, 2.75) is 26.3 Å². The summed E-state index contributed by atoms with van der Waals surface area (Å²) in [6.45, 7) is 8.73. The Morgan fingerprint density at radius 1 is 1.24 bits per heavy atom. The van der Waals surface area contributed by atoms with Gasteiger partial charge in [0.05, 0.1) is 5.49 Å². The average molecular weight is 366 g/mol. The van der Waals surface area contributed by atoms with E-state index in [0.29, 0.717) is 12.1 Å². The van der Waals surface area contributed by atoms with Crippen LogP contribution in [0.3, 0.4) is 0 Å². The zero-order valence-corrected chi connectivity index (χ0v) is 16.3. The van der Waals surface area contributed by atoms with Gasteiger partial charge < -0.3 is 15.5 Å². The fourth-order valence-corrected chi connectivity index (χ4v) is 2.06. The lowest BCUT2D eigenvalue weighted by Gasteiger charge is -2.16. The summed E-state index contributed by atoms with van der Waals surface area (Å²) in [7, 11) is 2.00. The number of thiocarbonyl (C=S) groups is 1. The first-order valence-corrected chi connectivity index (χ1v) is 8.78. The summed E-state index contributed by atoms with van der Waals surface area (Å²) in [5.41, 5.74) is 2.57. The largest absolute Gasteiger partial charge is 0.381 e. The predicted octanol–water partition coefficient (Wildman–Crippen LogP) is 1.51. The first kappa shape index (κ1) is 21.1. The quantitative estimate of drug-likeness (QED) is 0.155. The second kappa shape index (κ2) is 10.1. The molecule has 7 heteroatoms. The normalized spacial score (nSPS) is 12.1. The van der Waals surface area contributed by atoms with E-state index in [1.165, 1.54) is 5.49 Å². The highest BCUT2D eigenvalue weighted by molar-refractivity contribution is 7.78. The fourth-order valence-electron chi connectivity index (χ4n) is 1.94. The maximum atomic E-state index is 12.1. The minimum Gasteiger partial charge on any atom is -0.381 e. The van der Waals surface area contributed by atoms with Crippen LogP contribution >= 0.6 is 12.2 Å². The SMILES string of the molecule is CN(CCNC=S)CCNC(=O)c1ccc(/C=[N+](\O)C(C)(C)C)cc1. The van der Waals surface area contributed by atoms with E-state index in [9.17, 15) is 10.0 Å². The second-order valence-electron chi connectivity index (χ2n) is 6.90. The summed E-state index contributed by atoms with van der Waals surface area (Å²) < 4.78 is 1.16. The molecule has 0 fully saturated rings. The van der Waals surface area contributed by atoms with Crippen molar-refractivity contribution in [2.24, 2.45) is 0 Å². The van der Waals surface area contributed by atoms with E-state index in [0.717, 1.165) is 29.9 Å². The van der Waals surface area contributed by atoms with Crippen LogP contribution in [0.2, 0.25) is 0 Å². The van der Waals surface area contributed by atoms with Gasteiger partial charge in [0.1, 0.15) is 0 Å². The smallest absolute Gasteiger partial charge is 0.251 e. The van der Waals surface area contributed by atoms with Gasteiger partial charge in [0.15, 0.2) is 0 Å². The highest BCUT2D eigenvalue weighted by Gasteiger charge is 2.24. The number of amides is 1. The van der Waals surface area contributed by atoms with Gasteiger partial charge in [-0.05, 0) is 36.1 Å². The second-order valence-corrected chi connectivity index (χ2v) is 7.13. The van der Waals surface area contributed by atoms with Crippen molar-refractivity contribution < 1.29 is 14.7 Å². The molecule has 0 radical (unpaired) electrons. The molecule has 0 saturated carbocycles. The van der Waals surface area contributed by atoms with Crippen molar-refractivity contribution in [1.82, 2.24) is 15.5 Å². The molecule has 25 heavy (non-hydrogen) atoms. The van der Waals surface area contributed by atoms with Crippen molar-refractivity contribution in [2.75, 3.05) is 33.2 Å². The summed E-state index contributed by atoms with van der Waals surface area (Å²) in [4.78, 5) is 14.3. The number of benzene rings is 1. The minimum absolute atomic E-state index is 0.103. The number of likely N-dealkylation sites (N-methyl/N-ethyl adjacent to an activating group) is 1. The van der Waals surface area contributed by atoms with Gasteiger partial charge in [-0.3, -0.25) is 10.0 Å². The maximum Gasteiger partial charge on any atom is 0.251 e. The van der Waals surface area contributed by atoms with E-state index in [4.69, 9.17) is 12.2 Å². The van der Waals surface area contributed by atoms with Gasteiger partial charge in [-0.2, -0.15) is 0 Å². The van der Waals surface area contributed by atoms with Crippen LogP contribution < -0.4 is 10.6 Å². The van der Waals surface area contributed by atoms with Crippen LogP contribution in [0.4, 0.5) is 0 Å². The third-order valence-electron chi connectivity index (χ3n) is 3.63. The molecule has 0 aliphatic carbocycles. The standard InChI is InChI=1S/C18H28N4O2S/c1-18(2,3)22(24)13-15-5-7-16(8-6-15)17(23)20-10-12-21(4)11-9-19-14-25/h5-8,13-14H,9-12H2,1-4H3,(H2-,19,20,23,24,25)/p+1. The zero-order chi connectivity index (χ0) is 18.9. The fraction of sp³-hybridized carbons (Fsp3) is 0.500. The number of hydrogen-bond donors (Lipinski definition) is 3. The Morgan fingerprint density at radius 2 is 1.84 bits per heavy atom. The van der Waals surface area contributed by atoms with Crippen LogP contribution in [0, 0.1) is 0 Å². The van der Waals surface area contributed by atoms with E-state index in [-0.39, 0.29) is 11.4 Å². The van der Waals surface area contributed by atoms with Crippen molar-refractivity contribution in [3.63, 3.8) is 0 Å². The van der Waals surface area contributed by atoms with Gasteiger partial charge in [-0.15, -0.1) is 0 Å². The number of carbonyl (C=O) groups is 1. The van der Waals surface area contributed by atoms with Crippen LogP contribution in [0.1, 0.15) is 36.7 Å². The van der Waals surface area contributed by atoms with E-state index >= 15 is 0 Å². The third kappa shape index (κ3) is 8.09. The van der Waals surface area contributed by atoms with Crippen LogP contribution in [-0.2, 0) is 0 Å². The Morgan fingerprint density at radius 3 is 2.40 bits per heavy atom. The molecule has 6 nitrogen and oxygen atoms in total. The van der Waals surface area contributed by atoms with Gasteiger partial charge >= 0.3 is 0 Å². The molecule has 0 bridgehead atoms. The van der Waals surface area contributed by atoms with Gasteiger partial charge in [0, 0.05) is 58.1 Å². The van der Waals surface area contributed by atoms with Crippen molar-refractivity contribution in [3.05, 3.63) is 35.4 Å². The highest BCUT2D eigenvalue weighted by atomic mass is 32.1. The first-order chi connectivity index (χ1) is 11.7. The lowest BCUT2D eigenvalue weighted by molar-refractivity contribution is -0.816. The monoisotopic (exact) mass is 365 g/mol. The molecule has 0 aromatic heterocycles. The molecule has 1 amide bonds. The predicted molar refractivity (Wildman–Crippen MR) is 105 cm³/mol. The van der Waals surface area contributed by atoms with Crippen LogP contribution in [0.5, 0.6) is 0 Å². The summed E-state index contributed by atoms with van der Waals surface area (Å²) in [6, 6.07) is 7.13. The Balaban J connectivity index is 2.48.